The highest BCUT2D eigenvalue weighted by atomic mass is 16.5. The van der Waals surface area contributed by atoms with Gasteiger partial charge in [0.1, 0.15) is 11.8 Å². The van der Waals surface area contributed by atoms with Crippen LogP contribution in [-0.2, 0) is 0 Å². The minimum Gasteiger partial charge on any atom is -0.494 e. The van der Waals surface area contributed by atoms with Crippen LogP contribution < -0.4 is 4.74 Å². The Kier molecular flexibility index (Phi) is 6.88. The van der Waals surface area contributed by atoms with Crippen LogP contribution in [-0.4, -0.2) is 49.1 Å². The molecule has 1 aliphatic rings. The molecule has 2 unspecified atom stereocenters. The Balaban J connectivity index is 1.97. The maximum Gasteiger partial charge on any atom is 0.124 e. The predicted molar refractivity (Wildman–Crippen MR) is 93.5 cm³/mol. The molecule has 2 atom stereocenters. The lowest BCUT2D eigenvalue weighted by atomic mass is 10.0. The highest BCUT2D eigenvalue weighted by Gasteiger charge is 2.28. The first-order valence-electron chi connectivity index (χ1n) is 8.72. The lowest BCUT2D eigenvalue weighted by Gasteiger charge is -2.40. The van der Waals surface area contributed by atoms with Gasteiger partial charge in [0.2, 0.25) is 0 Å². The van der Waals surface area contributed by atoms with Crippen molar-refractivity contribution in [2.75, 3.05) is 33.3 Å². The van der Waals surface area contributed by atoms with Crippen molar-refractivity contribution in [3.05, 3.63) is 29.8 Å². The summed E-state index contributed by atoms with van der Waals surface area (Å²) >= 11 is 0. The molecule has 1 aliphatic heterocycles. The van der Waals surface area contributed by atoms with Crippen LogP contribution >= 0.6 is 0 Å². The molecule has 126 valence electrons. The number of unbranched alkanes of at least 4 members (excludes halogenated alkanes) is 2. The number of hydrogen-bond acceptors (Lipinski definition) is 4. The zero-order valence-corrected chi connectivity index (χ0v) is 14.7. The topological polar surface area (TPSA) is 39.5 Å². The van der Waals surface area contributed by atoms with Gasteiger partial charge in [-0.05, 0) is 38.1 Å². The second-order valence-electron chi connectivity index (χ2n) is 6.51. The van der Waals surface area contributed by atoms with E-state index in [1.54, 1.807) is 0 Å². The molecule has 0 N–H and O–H groups in total. The summed E-state index contributed by atoms with van der Waals surface area (Å²) in [4.78, 5) is 4.62. The van der Waals surface area contributed by atoms with E-state index in [1.165, 1.54) is 12.8 Å². The summed E-state index contributed by atoms with van der Waals surface area (Å²) in [7, 11) is 2.14. The van der Waals surface area contributed by atoms with E-state index < -0.39 is 0 Å². The summed E-state index contributed by atoms with van der Waals surface area (Å²) in [6, 6.07) is 10.8. The first-order chi connectivity index (χ1) is 11.2. The first kappa shape index (κ1) is 17.8. The Morgan fingerprint density at radius 1 is 1.26 bits per heavy atom. The number of likely N-dealkylation sites (N-methyl/N-ethyl adjacent to an activating group) is 1. The second kappa shape index (κ2) is 8.90. The summed E-state index contributed by atoms with van der Waals surface area (Å²) in [5, 5.41) is 9.65. The molecule has 1 aromatic rings. The fraction of sp³-hybridized carbons (Fsp3) is 0.632. The monoisotopic (exact) mass is 315 g/mol. The zero-order chi connectivity index (χ0) is 16.7. The lowest BCUT2D eigenvalue weighted by molar-refractivity contribution is 0.0796. The van der Waals surface area contributed by atoms with Crippen LogP contribution in [0.1, 0.15) is 44.7 Å². The summed E-state index contributed by atoms with van der Waals surface area (Å²) < 4.78 is 5.75. The second-order valence-corrected chi connectivity index (χ2v) is 6.51. The SMILES string of the molecule is CCCCCOc1ccc(C(C#N)N2CCN(C)CC2C)cc1. The number of benzene rings is 1. The van der Waals surface area contributed by atoms with Gasteiger partial charge in [0, 0.05) is 25.7 Å². The van der Waals surface area contributed by atoms with Crippen molar-refractivity contribution >= 4 is 0 Å². The molecule has 0 amide bonds. The normalized spacial score (nSPS) is 20.9. The highest BCUT2D eigenvalue weighted by Crippen LogP contribution is 2.26. The van der Waals surface area contributed by atoms with Crippen LogP contribution in [0.25, 0.3) is 0 Å². The largest absolute Gasteiger partial charge is 0.494 e. The molecular formula is C19H29N3O. The maximum absolute atomic E-state index is 9.65. The molecular weight excluding hydrogens is 286 g/mol. The van der Waals surface area contributed by atoms with Gasteiger partial charge < -0.3 is 9.64 Å². The molecule has 0 saturated carbocycles. The van der Waals surface area contributed by atoms with Gasteiger partial charge >= 0.3 is 0 Å². The van der Waals surface area contributed by atoms with Crippen LogP contribution in [0.5, 0.6) is 5.75 Å². The minimum atomic E-state index is -0.173. The van der Waals surface area contributed by atoms with Crippen molar-refractivity contribution in [3.63, 3.8) is 0 Å². The Morgan fingerprint density at radius 2 is 2.00 bits per heavy atom. The van der Waals surface area contributed by atoms with Crippen molar-refractivity contribution in [2.45, 2.75) is 45.2 Å². The summed E-state index contributed by atoms with van der Waals surface area (Å²) in [6.07, 6.45) is 3.50. The highest BCUT2D eigenvalue weighted by molar-refractivity contribution is 5.32. The van der Waals surface area contributed by atoms with Crippen LogP contribution in [0.15, 0.2) is 24.3 Å². The van der Waals surface area contributed by atoms with Crippen LogP contribution in [0.4, 0.5) is 0 Å². The Labute approximate surface area is 140 Å². The molecule has 1 saturated heterocycles. The van der Waals surface area contributed by atoms with E-state index in [2.05, 4.69) is 36.8 Å². The standard InChI is InChI=1S/C19H29N3O/c1-4-5-6-13-23-18-9-7-17(8-10-18)19(14-20)22-12-11-21(3)15-16(22)2/h7-10,16,19H,4-6,11-13,15H2,1-3H3. The van der Waals surface area contributed by atoms with Gasteiger partial charge in [0.15, 0.2) is 0 Å². The summed E-state index contributed by atoms with van der Waals surface area (Å²) in [5.41, 5.74) is 1.06. The molecule has 2 rings (SSSR count). The first-order valence-corrected chi connectivity index (χ1v) is 8.72. The Bertz CT molecular complexity index is 508. The van der Waals surface area contributed by atoms with E-state index in [-0.39, 0.29) is 6.04 Å². The fourth-order valence-corrected chi connectivity index (χ4v) is 3.17. The van der Waals surface area contributed by atoms with Crippen molar-refractivity contribution < 1.29 is 4.74 Å². The number of hydrogen-bond donors (Lipinski definition) is 0. The molecule has 0 radical (unpaired) electrons. The van der Waals surface area contributed by atoms with Crippen molar-refractivity contribution in [1.82, 2.24) is 9.80 Å². The van der Waals surface area contributed by atoms with Gasteiger partial charge in [-0.2, -0.15) is 5.26 Å². The van der Waals surface area contributed by atoms with E-state index in [0.29, 0.717) is 6.04 Å². The molecule has 0 aromatic heterocycles. The quantitative estimate of drug-likeness (QED) is 0.723. The molecule has 0 spiro atoms. The third kappa shape index (κ3) is 4.95. The van der Waals surface area contributed by atoms with Gasteiger partial charge in [-0.3, -0.25) is 4.90 Å². The molecule has 4 heteroatoms. The predicted octanol–water partition coefficient (Wildman–Crippen LogP) is 3.46. The number of ether oxygens (including phenoxy) is 1. The van der Waals surface area contributed by atoms with Gasteiger partial charge in [0.25, 0.3) is 0 Å². The zero-order valence-electron chi connectivity index (χ0n) is 14.7. The van der Waals surface area contributed by atoms with E-state index in [0.717, 1.165) is 44.0 Å². The summed E-state index contributed by atoms with van der Waals surface area (Å²) in [6.45, 7) is 8.12. The smallest absolute Gasteiger partial charge is 0.124 e. The van der Waals surface area contributed by atoms with E-state index in [9.17, 15) is 5.26 Å². The molecule has 1 aromatic carbocycles. The third-order valence-corrected chi connectivity index (χ3v) is 4.55. The number of nitriles is 1. The number of piperazine rings is 1. The maximum atomic E-state index is 9.65. The minimum absolute atomic E-state index is 0.173. The molecule has 23 heavy (non-hydrogen) atoms. The van der Waals surface area contributed by atoms with Crippen molar-refractivity contribution in [1.29, 1.82) is 5.26 Å². The molecule has 0 bridgehead atoms. The fourth-order valence-electron chi connectivity index (χ4n) is 3.17. The molecule has 4 nitrogen and oxygen atoms in total. The van der Waals surface area contributed by atoms with Crippen molar-refractivity contribution in [3.8, 4) is 11.8 Å². The van der Waals surface area contributed by atoms with E-state index in [4.69, 9.17) is 4.74 Å². The van der Waals surface area contributed by atoms with E-state index >= 15 is 0 Å². The average molecular weight is 315 g/mol. The molecule has 1 fully saturated rings. The van der Waals surface area contributed by atoms with Gasteiger partial charge in [-0.25, -0.2) is 0 Å². The average Bonchev–Trinajstić information content (AvgIpc) is 2.55. The Morgan fingerprint density at radius 3 is 2.61 bits per heavy atom. The van der Waals surface area contributed by atoms with E-state index in [1.807, 2.05) is 24.3 Å². The van der Waals surface area contributed by atoms with Crippen LogP contribution in [0.3, 0.4) is 0 Å². The summed E-state index contributed by atoms with van der Waals surface area (Å²) in [5.74, 6) is 0.896. The molecule has 1 heterocycles. The van der Waals surface area contributed by atoms with Gasteiger partial charge in [-0.1, -0.05) is 31.9 Å². The number of rotatable bonds is 7. The number of nitrogens with zero attached hydrogens (tertiary/aromatic N) is 3. The van der Waals surface area contributed by atoms with Gasteiger partial charge in [-0.15, -0.1) is 0 Å². The van der Waals surface area contributed by atoms with Crippen molar-refractivity contribution in [2.24, 2.45) is 0 Å². The van der Waals surface area contributed by atoms with Crippen LogP contribution in [0, 0.1) is 11.3 Å². The third-order valence-electron chi connectivity index (χ3n) is 4.55. The Hall–Kier alpha value is -1.57. The lowest BCUT2D eigenvalue weighted by Crippen LogP contribution is -2.51. The van der Waals surface area contributed by atoms with Crippen LogP contribution in [0.2, 0.25) is 0 Å². The van der Waals surface area contributed by atoms with Gasteiger partial charge in [0.05, 0.1) is 12.7 Å². The molecule has 0 aliphatic carbocycles.